The Hall–Kier alpha value is -0.860. The van der Waals surface area contributed by atoms with Crippen LogP contribution < -0.4 is 11.1 Å². The predicted octanol–water partition coefficient (Wildman–Crippen LogP) is 1.87. The fourth-order valence-electron chi connectivity index (χ4n) is 1.98. The second kappa shape index (κ2) is 5.29. The van der Waals surface area contributed by atoms with Gasteiger partial charge in [0.2, 0.25) is 0 Å². The Bertz CT molecular complexity index is 280. The van der Waals surface area contributed by atoms with Crippen molar-refractivity contribution in [1.82, 2.24) is 5.32 Å². The van der Waals surface area contributed by atoms with E-state index in [0.717, 1.165) is 19.1 Å². The maximum Gasteiger partial charge on any atom is 0.00864 e. The minimum Gasteiger partial charge on any atom is -0.330 e. The van der Waals surface area contributed by atoms with E-state index in [0.29, 0.717) is 5.92 Å². The molecule has 0 heterocycles. The lowest BCUT2D eigenvalue weighted by Gasteiger charge is -2.28. The number of hydrogen-bond acceptors (Lipinski definition) is 2. The van der Waals surface area contributed by atoms with Crippen molar-refractivity contribution in [3.05, 3.63) is 35.9 Å². The number of nitrogens with one attached hydrogen (secondary N) is 1. The zero-order chi connectivity index (χ0) is 10.5. The standard InChI is InChI=1S/C13H20N2/c14-9-12(10-15-13-7-4-8-13)11-5-2-1-3-6-11/h1-3,5-6,12-13,15H,4,7-10,14H2. The second-order valence-corrected chi connectivity index (χ2v) is 4.38. The molecular formula is C13H20N2. The molecule has 2 heteroatoms. The summed E-state index contributed by atoms with van der Waals surface area (Å²) < 4.78 is 0. The Morgan fingerprint density at radius 1 is 1.27 bits per heavy atom. The summed E-state index contributed by atoms with van der Waals surface area (Å²) in [6.07, 6.45) is 4.06. The van der Waals surface area contributed by atoms with Gasteiger partial charge in [0, 0.05) is 25.0 Å². The third-order valence-corrected chi connectivity index (χ3v) is 3.31. The molecule has 1 aromatic rings. The third kappa shape index (κ3) is 2.80. The summed E-state index contributed by atoms with van der Waals surface area (Å²) in [5.74, 6) is 0.465. The Morgan fingerprint density at radius 3 is 2.53 bits per heavy atom. The largest absolute Gasteiger partial charge is 0.330 e. The lowest BCUT2D eigenvalue weighted by atomic mass is 9.91. The van der Waals surface area contributed by atoms with Crippen LogP contribution in [0, 0.1) is 0 Å². The van der Waals surface area contributed by atoms with Gasteiger partial charge in [-0.2, -0.15) is 0 Å². The smallest absolute Gasteiger partial charge is 0.00864 e. The Morgan fingerprint density at radius 2 is 2.00 bits per heavy atom. The number of nitrogens with two attached hydrogens (primary N) is 1. The Kier molecular flexibility index (Phi) is 3.75. The first kappa shape index (κ1) is 10.7. The van der Waals surface area contributed by atoms with Crippen LogP contribution in [0.5, 0.6) is 0 Å². The molecule has 1 fully saturated rings. The quantitative estimate of drug-likeness (QED) is 0.768. The SMILES string of the molecule is NCC(CNC1CCC1)c1ccccc1. The number of benzene rings is 1. The molecule has 1 aromatic carbocycles. The normalized spacial score (nSPS) is 18.5. The van der Waals surface area contributed by atoms with E-state index in [2.05, 4.69) is 35.6 Å². The van der Waals surface area contributed by atoms with Crippen LogP contribution in [-0.2, 0) is 0 Å². The summed E-state index contributed by atoms with van der Waals surface area (Å²) in [7, 11) is 0. The molecular weight excluding hydrogens is 184 g/mol. The molecule has 3 N–H and O–H groups in total. The van der Waals surface area contributed by atoms with Gasteiger partial charge in [-0.3, -0.25) is 0 Å². The van der Waals surface area contributed by atoms with Gasteiger partial charge in [0.05, 0.1) is 0 Å². The van der Waals surface area contributed by atoms with Gasteiger partial charge >= 0.3 is 0 Å². The summed E-state index contributed by atoms with van der Waals surface area (Å²) in [5.41, 5.74) is 7.16. The summed E-state index contributed by atoms with van der Waals surface area (Å²) in [5, 5.41) is 3.59. The first-order chi connectivity index (χ1) is 7.40. The van der Waals surface area contributed by atoms with Crippen molar-refractivity contribution >= 4 is 0 Å². The van der Waals surface area contributed by atoms with Crippen LogP contribution in [0.25, 0.3) is 0 Å². The molecule has 0 aliphatic heterocycles. The molecule has 1 aliphatic rings. The minimum absolute atomic E-state index is 0.465. The number of hydrogen-bond donors (Lipinski definition) is 2. The zero-order valence-corrected chi connectivity index (χ0v) is 9.15. The average Bonchev–Trinajstić information content (AvgIpc) is 2.23. The predicted molar refractivity (Wildman–Crippen MR) is 63.9 cm³/mol. The van der Waals surface area contributed by atoms with Crippen LogP contribution >= 0.6 is 0 Å². The summed E-state index contributed by atoms with van der Waals surface area (Å²) in [6.45, 7) is 1.74. The van der Waals surface area contributed by atoms with Gasteiger partial charge in [-0.05, 0) is 18.4 Å². The minimum atomic E-state index is 0.465. The molecule has 0 spiro atoms. The molecule has 0 aromatic heterocycles. The van der Waals surface area contributed by atoms with Crippen molar-refractivity contribution in [1.29, 1.82) is 0 Å². The zero-order valence-electron chi connectivity index (χ0n) is 9.15. The summed E-state index contributed by atoms with van der Waals surface area (Å²) >= 11 is 0. The fourth-order valence-corrected chi connectivity index (χ4v) is 1.98. The molecule has 1 aliphatic carbocycles. The van der Waals surface area contributed by atoms with Crippen LogP contribution in [0.3, 0.4) is 0 Å². The van der Waals surface area contributed by atoms with Gasteiger partial charge in [-0.15, -0.1) is 0 Å². The van der Waals surface area contributed by atoms with Crippen LogP contribution in [0.15, 0.2) is 30.3 Å². The van der Waals surface area contributed by atoms with Crippen LogP contribution in [0.4, 0.5) is 0 Å². The third-order valence-electron chi connectivity index (χ3n) is 3.31. The summed E-state index contributed by atoms with van der Waals surface area (Å²) in [6, 6.07) is 11.3. The average molecular weight is 204 g/mol. The molecule has 1 atom stereocenters. The van der Waals surface area contributed by atoms with Gasteiger partial charge in [-0.1, -0.05) is 36.8 Å². The topological polar surface area (TPSA) is 38.0 Å². The van der Waals surface area contributed by atoms with Gasteiger partial charge in [0.15, 0.2) is 0 Å². The molecule has 1 saturated carbocycles. The van der Waals surface area contributed by atoms with Gasteiger partial charge < -0.3 is 11.1 Å². The van der Waals surface area contributed by atoms with Crippen LogP contribution in [-0.4, -0.2) is 19.1 Å². The van der Waals surface area contributed by atoms with E-state index in [1.807, 2.05) is 0 Å². The molecule has 1 unspecified atom stereocenters. The van der Waals surface area contributed by atoms with E-state index in [1.54, 1.807) is 0 Å². The molecule has 0 amide bonds. The summed E-state index contributed by atoms with van der Waals surface area (Å²) in [4.78, 5) is 0. The lowest BCUT2D eigenvalue weighted by molar-refractivity contribution is 0.332. The van der Waals surface area contributed by atoms with Crippen molar-refractivity contribution in [2.24, 2.45) is 5.73 Å². The molecule has 2 rings (SSSR count). The Labute approximate surface area is 91.9 Å². The fraction of sp³-hybridized carbons (Fsp3) is 0.538. The van der Waals surface area contributed by atoms with E-state index in [1.165, 1.54) is 24.8 Å². The second-order valence-electron chi connectivity index (χ2n) is 4.38. The molecule has 82 valence electrons. The first-order valence-electron chi connectivity index (χ1n) is 5.88. The van der Waals surface area contributed by atoms with E-state index >= 15 is 0 Å². The van der Waals surface area contributed by atoms with Crippen LogP contribution in [0.1, 0.15) is 30.7 Å². The van der Waals surface area contributed by atoms with E-state index in [-0.39, 0.29) is 0 Å². The monoisotopic (exact) mass is 204 g/mol. The molecule has 2 nitrogen and oxygen atoms in total. The highest BCUT2D eigenvalue weighted by Crippen LogP contribution is 2.20. The lowest BCUT2D eigenvalue weighted by Crippen LogP contribution is -2.39. The maximum absolute atomic E-state index is 5.81. The van der Waals surface area contributed by atoms with Crippen LogP contribution in [0.2, 0.25) is 0 Å². The highest BCUT2D eigenvalue weighted by Gasteiger charge is 2.18. The van der Waals surface area contributed by atoms with E-state index < -0.39 is 0 Å². The molecule has 0 radical (unpaired) electrons. The van der Waals surface area contributed by atoms with Crippen molar-refractivity contribution in [2.75, 3.05) is 13.1 Å². The van der Waals surface area contributed by atoms with Crippen molar-refractivity contribution < 1.29 is 0 Å². The Balaban J connectivity index is 1.86. The van der Waals surface area contributed by atoms with E-state index in [9.17, 15) is 0 Å². The highest BCUT2D eigenvalue weighted by molar-refractivity contribution is 5.20. The van der Waals surface area contributed by atoms with Gasteiger partial charge in [-0.25, -0.2) is 0 Å². The maximum atomic E-state index is 5.81. The molecule has 0 saturated heterocycles. The van der Waals surface area contributed by atoms with Crippen molar-refractivity contribution in [2.45, 2.75) is 31.2 Å². The molecule has 0 bridgehead atoms. The molecule has 15 heavy (non-hydrogen) atoms. The highest BCUT2D eigenvalue weighted by atomic mass is 14.9. The van der Waals surface area contributed by atoms with Gasteiger partial charge in [0.25, 0.3) is 0 Å². The van der Waals surface area contributed by atoms with E-state index in [4.69, 9.17) is 5.73 Å². The van der Waals surface area contributed by atoms with Crippen molar-refractivity contribution in [3.63, 3.8) is 0 Å². The van der Waals surface area contributed by atoms with Crippen molar-refractivity contribution in [3.8, 4) is 0 Å². The first-order valence-corrected chi connectivity index (χ1v) is 5.88. The van der Waals surface area contributed by atoms with Gasteiger partial charge in [0.1, 0.15) is 0 Å². The number of rotatable bonds is 5.